The van der Waals surface area contributed by atoms with Crippen LogP contribution in [0, 0.1) is 0 Å². The normalized spacial score (nSPS) is 18.8. The molecule has 4 heterocycles. The van der Waals surface area contributed by atoms with Crippen LogP contribution in [0.25, 0.3) is 11.4 Å². The topological polar surface area (TPSA) is 85.2 Å². The predicted molar refractivity (Wildman–Crippen MR) is 117 cm³/mol. The van der Waals surface area contributed by atoms with Crippen LogP contribution in [0.4, 0.5) is 5.69 Å². The van der Waals surface area contributed by atoms with Crippen LogP contribution in [-0.2, 0) is 17.7 Å². The number of ether oxygens (including phenoxy) is 1. The third-order valence-electron chi connectivity index (χ3n) is 6.00. The first kappa shape index (κ1) is 19.7. The monoisotopic (exact) mass is 418 g/mol. The maximum absolute atomic E-state index is 13.0. The fourth-order valence-corrected chi connectivity index (χ4v) is 4.28. The number of hydrogen-bond donors (Lipinski definition) is 1. The van der Waals surface area contributed by atoms with E-state index in [2.05, 4.69) is 36.0 Å². The minimum Gasteiger partial charge on any atom is -0.378 e. The highest BCUT2D eigenvalue weighted by Crippen LogP contribution is 2.23. The molecule has 1 atom stereocenters. The number of aromatic nitrogens is 4. The van der Waals surface area contributed by atoms with Crippen molar-refractivity contribution in [3.63, 3.8) is 0 Å². The van der Waals surface area contributed by atoms with Gasteiger partial charge in [-0.15, -0.1) is 10.2 Å². The number of amides is 1. The largest absolute Gasteiger partial charge is 0.378 e. The SMILES string of the molecule is O=C(NC1CCc2nnc(-c3ccncc3)n2CC1)c1cccc(N2CCOCC2)c1. The molecule has 8 heteroatoms. The lowest BCUT2D eigenvalue weighted by molar-refractivity contribution is 0.0933. The van der Waals surface area contributed by atoms with Gasteiger partial charge in [0, 0.05) is 61.3 Å². The number of benzene rings is 1. The summed E-state index contributed by atoms with van der Waals surface area (Å²) in [4.78, 5) is 19.3. The number of pyridine rings is 1. The van der Waals surface area contributed by atoms with Gasteiger partial charge in [0.25, 0.3) is 5.91 Å². The van der Waals surface area contributed by atoms with E-state index >= 15 is 0 Å². The van der Waals surface area contributed by atoms with Gasteiger partial charge < -0.3 is 19.5 Å². The maximum Gasteiger partial charge on any atom is 0.251 e. The number of nitrogens with one attached hydrogen (secondary N) is 1. The van der Waals surface area contributed by atoms with E-state index in [0.29, 0.717) is 5.56 Å². The minimum atomic E-state index is -0.0212. The van der Waals surface area contributed by atoms with Gasteiger partial charge in [0.05, 0.1) is 13.2 Å². The van der Waals surface area contributed by atoms with E-state index in [1.54, 1.807) is 12.4 Å². The van der Waals surface area contributed by atoms with Crippen molar-refractivity contribution in [3.8, 4) is 11.4 Å². The molecule has 0 aliphatic carbocycles. The van der Waals surface area contributed by atoms with Crippen LogP contribution < -0.4 is 10.2 Å². The van der Waals surface area contributed by atoms with Crippen LogP contribution in [0.1, 0.15) is 29.0 Å². The van der Waals surface area contributed by atoms with E-state index < -0.39 is 0 Å². The Hall–Kier alpha value is -3.26. The Morgan fingerprint density at radius 1 is 1.03 bits per heavy atom. The van der Waals surface area contributed by atoms with E-state index in [9.17, 15) is 4.79 Å². The molecule has 5 rings (SSSR count). The van der Waals surface area contributed by atoms with E-state index in [0.717, 1.165) is 75.0 Å². The maximum atomic E-state index is 13.0. The Balaban J connectivity index is 1.25. The molecule has 1 amide bonds. The number of nitrogens with zero attached hydrogens (tertiary/aromatic N) is 5. The summed E-state index contributed by atoms with van der Waals surface area (Å²) in [7, 11) is 0. The summed E-state index contributed by atoms with van der Waals surface area (Å²) < 4.78 is 7.60. The zero-order valence-corrected chi connectivity index (χ0v) is 17.4. The molecule has 0 radical (unpaired) electrons. The molecule has 1 saturated heterocycles. The average Bonchev–Trinajstić information content (AvgIpc) is 3.14. The molecule has 2 aliphatic heterocycles. The minimum absolute atomic E-state index is 0.0212. The van der Waals surface area contributed by atoms with E-state index in [-0.39, 0.29) is 11.9 Å². The van der Waals surface area contributed by atoms with Crippen molar-refractivity contribution in [2.24, 2.45) is 0 Å². The first-order chi connectivity index (χ1) is 15.3. The average molecular weight is 419 g/mol. The molecule has 1 aromatic carbocycles. The van der Waals surface area contributed by atoms with Gasteiger partial charge in [-0.3, -0.25) is 9.78 Å². The zero-order valence-electron chi connectivity index (χ0n) is 17.4. The van der Waals surface area contributed by atoms with Crippen molar-refractivity contribution in [1.29, 1.82) is 0 Å². The van der Waals surface area contributed by atoms with Crippen molar-refractivity contribution < 1.29 is 9.53 Å². The molecule has 2 aromatic heterocycles. The molecule has 31 heavy (non-hydrogen) atoms. The molecule has 160 valence electrons. The van der Waals surface area contributed by atoms with Gasteiger partial charge in [-0.25, -0.2) is 0 Å². The summed E-state index contributed by atoms with van der Waals surface area (Å²) in [6.45, 7) is 3.94. The van der Waals surface area contributed by atoms with Crippen molar-refractivity contribution in [2.75, 3.05) is 31.2 Å². The van der Waals surface area contributed by atoms with Crippen LogP contribution >= 0.6 is 0 Å². The molecular weight excluding hydrogens is 392 g/mol. The lowest BCUT2D eigenvalue weighted by atomic mass is 10.1. The van der Waals surface area contributed by atoms with Crippen molar-refractivity contribution in [3.05, 3.63) is 60.2 Å². The predicted octanol–water partition coefficient (Wildman–Crippen LogP) is 2.31. The molecule has 1 fully saturated rings. The van der Waals surface area contributed by atoms with Crippen LogP contribution in [0.15, 0.2) is 48.8 Å². The fraction of sp³-hybridized carbons (Fsp3) is 0.391. The summed E-state index contributed by atoms with van der Waals surface area (Å²) in [6.07, 6.45) is 6.02. The quantitative estimate of drug-likeness (QED) is 0.700. The third kappa shape index (κ3) is 4.29. The first-order valence-electron chi connectivity index (χ1n) is 10.8. The second-order valence-corrected chi connectivity index (χ2v) is 7.97. The van der Waals surface area contributed by atoms with Crippen molar-refractivity contribution >= 4 is 11.6 Å². The Kier molecular flexibility index (Phi) is 5.62. The third-order valence-corrected chi connectivity index (χ3v) is 6.00. The number of aryl methyl sites for hydroxylation is 1. The number of anilines is 1. The van der Waals surface area contributed by atoms with Gasteiger partial charge in [-0.2, -0.15) is 0 Å². The number of carbonyl (C=O) groups excluding carboxylic acids is 1. The fourth-order valence-electron chi connectivity index (χ4n) is 4.28. The molecule has 0 saturated carbocycles. The molecule has 0 spiro atoms. The molecular formula is C23H26N6O2. The van der Waals surface area contributed by atoms with Gasteiger partial charge in [-0.05, 0) is 43.2 Å². The molecule has 1 unspecified atom stereocenters. The number of rotatable bonds is 4. The van der Waals surface area contributed by atoms with Gasteiger partial charge in [0.1, 0.15) is 5.82 Å². The second-order valence-electron chi connectivity index (χ2n) is 7.97. The molecule has 8 nitrogen and oxygen atoms in total. The lowest BCUT2D eigenvalue weighted by Crippen LogP contribution is -2.37. The lowest BCUT2D eigenvalue weighted by Gasteiger charge is -2.29. The number of morpholine rings is 1. The van der Waals surface area contributed by atoms with Crippen LogP contribution in [-0.4, -0.2) is 58.0 Å². The highest BCUT2D eigenvalue weighted by Gasteiger charge is 2.23. The number of hydrogen-bond acceptors (Lipinski definition) is 6. The van der Waals surface area contributed by atoms with Gasteiger partial charge in [0.2, 0.25) is 0 Å². The summed E-state index contributed by atoms with van der Waals surface area (Å²) in [5.41, 5.74) is 2.78. The molecule has 1 N–H and O–H groups in total. The number of carbonyl (C=O) groups is 1. The Labute approximate surface area is 181 Å². The second kappa shape index (κ2) is 8.85. The number of fused-ring (bicyclic) bond motifs is 1. The van der Waals surface area contributed by atoms with Crippen LogP contribution in [0.5, 0.6) is 0 Å². The highest BCUT2D eigenvalue weighted by atomic mass is 16.5. The molecule has 2 aliphatic rings. The summed E-state index contributed by atoms with van der Waals surface area (Å²) >= 11 is 0. The van der Waals surface area contributed by atoms with Gasteiger partial charge in [0.15, 0.2) is 5.82 Å². The van der Waals surface area contributed by atoms with Crippen molar-refractivity contribution in [2.45, 2.75) is 31.8 Å². The van der Waals surface area contributed by atoms with Gasteiger partial charge in [-0.1, -0.05) is 6.07 Å². The molecule has 0 bridgehead atoms. The van der Waals surface area contributed by atoms with E-state index in [1.807, 2.05) is 30.3 Å². The van der Waals surface area contributed by atoms with E-state index in [1.165, 1.54) is 0 Å². The van der Waals surface area contributed by atoms with Gasteiger partial charge >= 0.3 is 0 Å². The first-order valence-corrected chi connectivity index (χ1v) is 10.8. The standard InChI is InChI=1S/C23H26N6O2/c30-23(18-2-1-3-20(16-18)28-12-14-31-15-13-28)25-19-4-5-21-26-27-22(29(21)11-8-19)17-6-9-24-10-7-17/h1-3,6-7,9-10,16,19H,4-5,8,11-15H2,(H,25,30). The van der Waals surface area contributed by atoms with Crippen LogP contribution in [0.3, 0.4) is 0 Å². The Bertz CT molecular complexity index is 1050. The summed E-state index contributed by atoms with van der Waals surface area (Å²) in [6, 6.07) is 11.9. The summed E-state index contributed by atoms with van der Waals surface area (Å²) in [5, 5.41) is 12.0. The zero-order chi connectivity index (χ0) is 21.0. The Morgan fingerprint density at radius 2 is 1.87 bits per heavy atom. The highest BCUT2D eigenvalue weighted by molar-refractivity contribution is 5.95. The van der Waals surface area contributed by atoms with Crippen LogP contribution in [0.2, 0.25) is 0 Å². The Morgan fingerprint density at radius 3 is 2.71 bits per heavy atom. The van der Waals surface area contributed by atoms with E-state index in [4.69, 9.17) is 4.74 Å². The molecule has 3 aromatic rings. The van der Waals surface area contributed by atoms with Crippen molar-refractivity contribution in [1.82, 2.24) is 25.1 Å². The smallest absolute Gasteiger partial charge is 0.251 e. The summed E-state index contributed by atoms with van der Waals surface area (Å²) in [5.74, 6) is 1.81.